The minimum Gasteiger partial charge on any atom is -0.550 e. The molecule has 0 unspecified atom stereocenters. The second kappa shape index (κ2) is 5.41. The minimum atomic E-state index is -0.937. The fourth-order valence-corrected chi connectivity index (χ4v) is 2.86. The maximum atomic E-state index is 10.7. The van der Waals surface area contributed by atoms with Gasteiger partial charge in [-0.15, -0.1) is 0 Å². The molecule has 0 aromatic rings. The lowest BCUT2D eigenvalue weighted by Gasteiger charge is -2.54. The van der Waals surface area contributed by atoms with Crippen LogP contribution in [0.4, 0.5) is 0 Å². The van der Waals surface area contributed by atoms with E-state index in [1.807, 2.05) is 0 Å². The van der Waals surface area contributed by atoms with Crippen LogP contribution in [0, 0.1) is 0 Å². The summed E-state index contributed by atoms with van der Waals surface area (Å²) < 4.78 is 0.951. The first-order valence-corrected chi connectivity index (χ1v) is 7.27. The fourth-order valence-electron chi connectivity index (χ4n) is 2.86. The van der Waals surface area contributed by atoms with E-state index in [0.717, 1.165) is 30.7 Å². The SMILES string of the molecule is CC(C)(C)N1CC[N+](C)(C(C)(C)CCC(=O)[O-])CC1. The smallest absolute Gasteiger partial charge is 0.0937 e. The average molecular weight is 270 g/mol. The number of carbonyl (C=O) groups excluding carboxylic acids is 1. The number of carboxylic acids is 1. The van der Waals surface area contributed by atoms with E-state index in [4.69, 9.17) is 0 Å². The third-order valence-electron chi connectivity index (χ3n) is 5.08. The van der Waals surface area contributed by atoms with E-state index >= 15 is 0 Å². The number of aliphatic carboxylic acids is 1. The molecular formula is C15H30N2O2. The van der Waals surface area contributed by atoms with Crippen molar-refractivity contribution in [1.29, 1.82) is 0 Å². The molecule has 0 bridgehead atoms. The number of hydrogen-bond donors (Lipinski definition) is 0. The highest BCUT2D eigenvalue weighted by molar-refractivity contribution is 5.64. The summed E-state index contributed by atoms with van der Waals surface area (Å²) in [5.74, 6) is -0.937. The van der Waals surface area contributed by atoms with E-state index in [1.54, 1.807) is 0 Å². The second-order valence-electron chi connectivity index (χ2n) is 7.69. The second-order valence-corrected chi connectivity index (χ2v) is 7.69. The molecule has 19 heavy (non-hydrogen) atoms. The van der Waals surface area contributed by atoms with Crippen LogP contribution in [0.3, 0.4) is 0 Å². The zero-order chi connectivity index (χ0) is 14.9. The lowest BCUT2D eigenvalue weighted by molar-refractivity contribution is -0.959. The van der Waals surface area contributed by atoms with Crippen molar-refractivity contribution in [2.24, 2.45) is 0 Å². The quantitative estimate of drug-likeness (QED) is 0.712. The zero-order valence-electron chi connectivity index (χ0n) is 13.5. The van der Waals surface area contributed by atoms with Gasteiger partial charge in [0.2, 0.25) is 0 Å². The van der Waals surface area contributed by atoms with Crippen LogP contribution in [0.5, 0.6) is 0 Å². The normalized spacial score (nSPS) is 21.4. The van der Waals surface area contributed by atoms with Gasteiger partial charge in [-0.25, -0.2) is 0 Å². The maximum Gasteiger partial charge on any atom is 0.0937 e. The van der Waals surface area contributed by atoms with Crippen molar-refractivity contribution < 1.29 is 14.4 Å². The third-order valence-corrected chi connectivity index (χ3v) is 5.08. The topological polar surface area (TPSA) is 43.4 Å². The van der Waals surface area contributed by atoms with E-state index < -0.39 is 5.97 Å². The zero-order valence-corrected chi connectivity index (χ0v) is 13.5. The molecule has 0 radical (unpaired) electrons. The van der Waals surface area contributed by atoms with Crippen LogP contribution in [-0.4, -0.2) is 59.7 Å². The number of rotatable bonds is 4. The molecule has 0 spiro atoms. The first-order valence-electron chi connectivity index (χ1n) is 7.27. The standard InChI is InChI=1S/C15H30N2O2/c1-14(2,3)16-9-11-17(6,12-10-16)15(4,5)8-7-13(18)19/h7-12H2,1-6H3. The highest BCUT2D eigenvalue weighted by Gasteiger charge is 2.43. The van der Waals surface area contributed by atoms with Gasteiger partial charge in [0.15, 0.2) is 0 Å². The molecule has 0 N–H and O–H groups in total. The molecule has 1 rings (SSSR count). The third kappa shape index (κ3) is 3.93. The largest absolute Gasteiger partial charge is 0.550 e. The van der Waals surface area contributed by atoms with Crippen LogP contribution in [0.1, 0.15) is 47.5 Å². The first-order chi connectivity index (χ1) is 8.48. The van der Waals surface area contributed by atoms with Crippen LogP contribution < -0.4 is 5.11 Å². The number of piperazine rings is 1. The number of hydrogen-bond acceptors (Lipinski definition) is 3. The Kier molecular flexibility index (Phi) is 4.68. The lowest BCUT2D eigenvalue weighted by Crippen LogP contribution is -2.68. The summed E-state index contributed by atoms with van der Waals surface area (Å²) in [4.78, 5) is 13.2. The van der Waals surface area contributed by atoms with Gasteiger partial charge < -0.3 is 14.4 Å². The van der Waals surface area contributed by atoms with Crippen LogP contribution >= 0.6 is 0 Å². The van der Waals surface area contributed by atoms with Crippen molar-refractivity contribution in [2.45, 2.75) is 58.5 Å². The number of likely N-dealkylation sites (N-methyl/N-ethyl adjacent to an activating group) is 1. The molecule has 4 heteroatoms. The molecule has 4 nitrogen and oxygen atoms in total. The summed E-state index contributed by atoms with van der Waals surface area (Å²) >= 11 is 0. The van der Waals surface area contributed by atoms with Crippen molar-refractivity contribution in [3.63, 3.8) is 0 Å². The Morgan fingerprint density at radius 1 is 1.16 bits per heavy atom. The van der Waals surface area contributed by atoms with Crippen molar-refractivity contribution in [1.82, 2.24) is 4.90 Å². The van der Waals surface area contributed by atoms with Gasteiger partial charge >= 0.3 is 0 Å². The summed E-state index contributed by atoms with van der Waals surface area (Å²) in [6, 6.07) is 0. The predicted molar refractivity (Wildman–Crippen MR) is 75.6 cm³/mol. The molecule has 0 aliphatic carbocycles. The molecule has 0 aromatic heterocycles. The van der Waals surface area contributed by atoms with E-state index in [2.05, 4.69) is 46.6 Å². The van der Waals surface area contributed by atoms with Crippen molar-refractivity contribution in [2.75, 3.05) is 33.2 Å². The highest BCUT2D eigenvalue weighted by Crippen LogP contribution is 2.30. The lowest BCUT2D eigenvalue weighted by atomic mass is 9.91. The number of carbonyl (C=O) groups is 1. The Balaban J connectivity index is 2.66. The molecule has 0 saturated carbocycles. The molecule has 112 valence electrons. The van der Waals surface area contributed by atoms with Gasteiger partial charge in [0.05, 0.1) is 25.7 Å². The minimum absolute atomic E-state index is 0.00988. The Morgan fingerprint density at radius 2 is 1.63 bits per heavy atom. The van der Waals surface area contributed by atoms with Crippen molar-refractivity contribution in [3.8, 4) is 0 Å². The van der Waals surface area contributed by atoms with Crippen LogP contribution in [-0.2, 0) is 4.79 Å². The molecular weight excluding hydrogens is 240 g/mol. The van der Waals surface area contributed by atoms with Crippen LogP contribution in [0.25, 0.3) is 0 Å². The molecule has 1 saturated heterocycles. The Hall–Kier alpha value is -0.610. The predicted octanol–water partition coefficient (Wildman–Crippen LogP) is 0.856. The fraction of sp³-hybridized carbons (Fsp3) is 0.933. The van der Waals surface area contributed by atoms with Gasteiger partial charge in [0, 0.05) is 31.0 Å². The summed E-state index contributed by atoms with van der Waals surface area (Å²) in [6.07, 6.45) is 0.838. The molecule has 0 atom stereocenters. The van der Waals surface area contributed by atoms with Gasteiger partial charge in [-0.1, -0.05) is 0 Å². The Morgan fingerprint density at radius 3 is 2.00 bits per heavy atom. The van der Waals surface area contributed by atoms with Crippen molar-refractivity contribution >= 4 is 5.97 Å². The summed E-state index contributed by atoms with van der Waals surface area (Å²) in [6.45, 7) is 15.4. The summed E-state index contributed by atoms with van der Waals surface area (Å²) in [5, 5.41) is 10.7. The number of quaternary nitrogens is 1. The number of nitrogens with zero attached hydrogens (tertiary/aromatic N) is 2. The molecule has 1 heterocycles. The molecule has 0 amide bonds. The van der Waals surface area contributed by atoms with Gasteiger partial charge in [0.1, 0.15) is 0 Å². The maximum absolute atomic E-state index is 10.7. The Bertz CT molecular complexity index is 324. The monoisotopic (exact) mass is 270 g/mol. The highest BCUT2D eigenvalue weighted by atomic mass is 16.4. The van der Waals surface area contributed by atoms with Gasteiger partial charge in [0.25, 0.3) is 0 Å². The van der Waals surface area contributed by atoms with Gasteiger partial charge in [-0.05, 0) is 41.0 Å². The van der Waals surface area contributed by atoms with E-state index in [-0.39, 0.29) is 17.5 Å². The van der Waals surface area contributed by atoms with Gasteiger partial charge in [-0.3, -0.25) is 4.90 Å². The van der Waals surface area contributed by atoms with Gasteiger partial charge in [-0.2, -0.15) is 0 Å². The van der Waals surface area contributed by atoms with E-state index in [1.165, 1.54) is 0 Å². The van der Waals surface area contributed by atoms with Crippen molar-refractivity contribution in [3.05, 3.63) is 0 Å². The molecule has 1 aliphatic rings. The molecule has 1 aliphatic heterocycles. The van der Waals surface area contributed by atoms with E-state index in [0.29, 0.717) is 6.42 Å². The van der Waals surface area contributed by atoms with E-state index in [9.17, 15) is 9.90 Å². The first kappa shape index (κ1) is 16.4. The summed E-state index contributed by atoms with van der Waals surface area (Å²) in [7, 11) is 2.26. The molecule has 1 fully saturated rings. The summed E-state index contributed by atoms with van der Waals surface area (Å²) in [5.41, 5.74) is 0.213. The molecule has 0 aromatic carbocycles. The van der Waals surface area contributed by atoms with Crippen LogP contribution in [0.2, 0.25) is 0 Å². The van der Waals surface area contributed by atoms with Crippen LogP contribution in [0.15, 0.2) is 0 Å². The Labute approximate surface area is 118 Å². The number of carboxylic acid groups (broad SMARTS) is 1. The average Bonchev–Trinajstić information content (AvgIpc) is 2.25.